The third kappa shape index (κ3) is 4.78. The van der Waals surface area contributed by atoms with Gasteiger partial charge in [-0.2, -0.15) is 5.10 Å². The zero-order valence-corrected chi connectivity index (χ0v) is 17.4. The zero-order chi connectivity index (χ0) is 20.8. The summed E-state index contributed by atoms with van der Waals surface area (Å²) in [4.78, 5) is 18.3. The smallest absolute Gasteiger partial charge is 0.238 e. The van der Waals surface area contributed by atoms with Crippen LogP contribution in [0, 0.1) is 0 Å². The maximum Gasteiger partial charge on any atom is 0.238 e. The first-order valence-corrected chi connectivity index (χ1v) is 10.6. The summed E-state index contributed by atoms with van der Waals surface area (Å²) in [5.74, 6) is -0.0112. The molecule has 0 saturated heterocycles. The molecule has 0 aliphatic heterocycles. The second kappa shape index (κ2) is 9.41. The Morgan fingerprint density at radius 3 is 2.20 bits per heavy atom. The number of rotatable bonds is 7. The summed E-state index contributed by atoms with van der Waals surface area (Å²) in [6, 6.07) is 27.7. The quantitative estimate of drug-likeness (QED) is 0.433. The normalized spacial score (nSPS) is 12.8. The molecule has 4 aromatic rings. The van der Waals surface area contributed by atoms with Crippen LogP contribution in [0.3, 0.4) is 0 Å². The third-order valence-corrected chi connectivity index (χ3v) is 6.04. The molecule has 1 aromatic heterocycles. The van der Waals surface area contributed by atoms with E-state index in [2.05, 4.69) is 15.4 Å². The molecule has 2 atom stereocenters. The Morgan fingerprint density at radius 2 is 1.57 bits per heavy atom. The first-order valence-electron chi connectivity index (χ1n) is 9.73. The number of amides is 1. The summed E-state index contributed by atoms with van der Waals surface area (Å²) in [5, 5.41) is 6.99. The average Bonchev–Trinajstić information content (AvgIpc) is 3.34. The first kappa shape index (κ1) is 19.9. The van der Waals surface area contributed by atoms with Gasteiger partial charge in [-0.1, -0.05) is 60.7 Å². The molecule has 0 saturated carbocycles. The van der Waals surface area contributed by atoms with Crippen molar-refractivity contribution in [1.29, 1.82) is 0 Å². The largest absolute Gasteiger partial charge is 0.348 e. The van der Waals surface area contributed by atoms with E-state index in [-0.39, 0.29) is 17.2 Å². The molecule has 1 amide bonds. The molecule has 1 N–H and O–H groups in total. The van der Waals surface area contributed by atoms with Gasteiger partial charge in [-0.25, -0.2) is 9.67 Å². The highest BCUT2D eigenvalue weighted by molar-refractivity contribution is 8.00. The molecule has 3 aromatic carbocycles. The van der Waals surface area contributed by atoms with Gasteiger partial charge in [0.2, 0.25) is 5.91 Å². The fourth-order valence-electron chi connectivity index (χ4n) is 3.17. The molecule has 0 fully saturated rings. The van der Waals surface area contributed by atoms with Gasteiger partial charge < -0.3 is 5.32 Å². The predicted molar refractivity (Wildman–Crippen MR) is 119 cm³/mol. The SMILES string of the molecule is CC(NC(=O)C(Sc1ccccc1)c1ccccc1)c1ccc(-n2cncn2)cc1. The molecule has 150 valence electrons. The van der Waals surface area contributed by atoms with Crippen molar-refractivity contribution in [2.75, 3.05) is 0 Å². The summed E-state index contributed by atoms with van der Waals surface area (Å²) in [6.45, 7) is 2.00. The lowest BCUT2D eigenvalue weighted by Crippen LogP contribution is -2.30. The van der Waals surface area contributed by atoms with Gasteiger partial charge in [-0.3, -0.25) is 4.79 Å². The lowest BCUT2D eigenvalue weighted by Gasteiger charge is -2.21. The molecular formula is C24H22N4OS. The van der Waals surface area contributed by atoms with Gasteiger partial charge in [-0.15, -0.1) is 11.8 Å². The van der Waals surface area contributed by atoms with Crippen molar-refractivity contribution in [2.24, 2.45) is 0 Å². The van der Waals surface area contributed by atoms with E-state index in [0.29, 0.717) is 0 Å². The Morgan fingerprint density at radius 1 is 0.900 bits per heavy atom. The number of hydrogen-bond donors (Lipinski definition) is 1. The second-order valence-corrected chi connectivity index (χ2v) is 8.06. The summed E-state index contributed by atoms with van der Waals surface area (Å²) in [7, 11) is 0. The minimum Gasteiger partial charge on any atom is -0.348 e. The maximum atomic E-state index is 13.2. The summed E-state index contributed by atoms with van der Waals surface area (Å²) < 4.78 is 1.70. The molecule has 30 heavy (non-hydrogen) atoms. The van der Waals surface area contributed by atoms with Gasteiger partial charge in [0.15, 0.2) is 0 Å². The summed E-state index contributed by atoms with van der Waals surface area (Å²) >= 11 is 1.56. The highest BCUT2D eigenvalue weighted by Crippen LogP contribution is 2.35. The van der Waals surface area contributed by atoms with Gasteiger partial charge in [0.05, 0.1) is 11.7 Å². The lowest BCUT2D eigenvalue weighted by molar-refractivity contribution is -0.121. The lowest BCUT2D eigenvalue weighted by atomic mass is 10.1. The van der Waals surface area contributed by atoms with E-state index >= 15 is 0 Å². The standard InChI is InChI=1S/C24H22N4OS/c1-18(19-12-14-21(15-13-19)28-17-25-16-26-28)27-24(29)23(20-8-4-2-5-9-20)30-22-10-6-3-7-11-22/h2-18,23H,1H3,(H,27,29). The predicted octanol–water partition coefficient (Wildman–Crippen LogP) is 4.98. The van der Waals surface area contributed by atoms with Crippen LogP contribution in [0.15, 0.2) is 102 Å². The Bertz CT molecular complexity index is 1070. The molecule has 0 bridgehead atoms. The van der Waals surface area contributed by atoms with Crippen LogP contribution in [0.4, 0.5) is 0 Å². The van der Waals surface area contributed by atoms with Crippen LogP contribution in [0.5, 0.6) is 0 Å². The number of hydrogen-bond acceptors (Lipinski definition) is 4. The van der Waals surface area contributed by atoms with Crippen LogP contribution in [-0.2, 0) is 4.79 Å². The number of nitrogens with one attached hydrogen (secondary N) is 1. The highest BCUT2D eigenvalue weighted by atomic mass is 32.2. The molecule has 0 aliphatic rings. The number of aromatic nitrogens is 3. The van der Waals surface area contributed by atoms with E-state index in [9.17, 15) is 4.79 Å². The Kier molecular flexibility index (Phi) is 6.25. The van der Waals surface area contributed by atoms with Crippen molar-refractivity contribution >= 4 is 17.7 Å². The zero-order valence-electron chi connectivity index (χ0n) is 16.6. The fourth-order valence-corrected chi connectivity index (χ4v) is 4.22. The summed E-state index contributed by atoms with van der Waals surface area (Å²) in [6.07, 6.45) is 3.16. The first-order chi connectivity index (χ1) is 14.7. The number of carbonyl (C=O) groups excluding carboxylic acids is 1. The van der Waals surface area contributed by atoms with Gasteiger partial charge in [0.25, 0.3) is 0 Å². The number of benzene rings is 3. The topological polar surface area (TPSA) is 59.8 Å². The Hall–Kier alpha value is -3.38. The molecule has 2 unspecified atom stereocenters. The Labute approximate surface area is 180 Å². The molecule has 6 heteroatoms. The molecule has 0 spiro atoms. The molecule has 0 radical (unpaired) electrons. The minimum absolute atomic E-state index is 0.0112. The van der Waals surface area contributed by atoms with Gasteiger partial charge >= 0.3 is 0 Å². The number of thioether (sulfide) groups is 1. The van der Waals surface area contributed by atoms with E-state index < -0.39 is 0 Å². The summed E-state index contributed by atoms with van der Waals surface area (Å²) in [5.41, 5.74) is 2.94. The third-order valence-electron chi connectivity index (χ3n) is 4.77. The molecule has 4 rings (SSSR count). The van der Waals surface area contributed by atoms with Crippen molar-refractivity contribution in [3.05, 3.63) is 109 Å². The van der Waals surface area contributed by atoms with Crippen molar-refractivity contribution in [3.63, 3.8) is 0 Å². The monoisotopic (exact) mass is 414 g/mol. The molecule has 0 aliphatic carbocycles. The minimum atomic E-state index is -0.328. The Balaban J connectivity index is 1.50. The highest BCUT2D eigenvalue weighted by Gasteiger charge is 2.23. The fraction of sp³-hybridized carbons (Fsp3) is 0.125. The number of carbonyl (C=O) groups is 1. The molecule has 5 nitrogen and oxygen atoms in total. The van der Waals surface area contributed by atoms with E-state index in [4.69, 9.17) is 0 Å². The average molecular weight is 415 g/mol. The van der Waals surface area contributed by atoms with Crippen LogP contribution in [0.2, 0.25) is 0 Å². The van der Waals surface area contributed by atoms with Gasteiger partial charge in [-0.05, 0) is 42.3 Å². The van der Waals surface area contributed by atoms with Crippen molar-refractivity contribution < 1.29 is 4.79 Å². The van der Waals surface area contributed by atoms with Crippen LogP contribution in [-0.4, -0.2) is 20.7 Å². The van der Waals surface area contributed by atoms with Crippen LogP contribution in [0.1, 0.15) is 29.3 Å². The van der Waals surface area contributed by atoms with Crippen LogP contribution in [0.25, 0.3) is 5.69 Å². The molecule has 1 heterocycles. The van der Waals surface area contributed by atoms with E-state index in [0.717, 1.165) is 21.7 Å². The van der Waals surface area contributed by atoms with Crippen LogP contribution >= 0.6 is 11.8 Å². The number of nitrogens with zero attached hydrogens (tertiary/aromatic N) is 3. The van der Waals surface area contributed by atoms with E-state index in [1.165, 1.54) is 6.33 Å². The van der Waals surface area contributed by atoms with Gasteiger partial charge in [0, 0.05) is 4.90 Å². The second-order valence-electron chi connectivity index (χ2n) is 6.88. The maximum absolute atomic E-state index is 13.2. The van der Waals surface area contributed by atoms with Crippen molar-refractivity contribution in [1.82, 2.24) is 20.1 Å². The molecular weight excluding hydrogens is 392 g/mol. The van der Waals surface area contributed by atoms with E-state index in [1.807, 2.05) is 91.9 Å². The van der Waals surface area contributed by atoms with E-state index in [1.54, 1.807) is 22.8 Å². The van der Waals surface area contributed by atoms with Gasteiger partial charge in [0.1, 0.15) is 17.9 Å². The van der Waals surface area contributed by atoms with Crippen molar-refractivity contribution in [2.45, 2.75) is 23.1 Å². The van der Waals surface area contributed by atoms with Crippen molar-refractivity contribution in [3.8, 4) is 5.69 Å². The van der Waals surface area contributed by atoms with Crippen LogP contribution < -0.4 is 5.32 Å².